The first-order valence-corrected chi connectivity index (χ1v) is 7.40. The zero-order valence-electron chi connectivity index (χ0n) is 12.8. The van der Waals surface area contributed by atoms with Crippen molar-refractivity contribution in [1.82, 2.24) is 10.3 Å². The summed E-state index contributed by atoms with van der Waals surface area (Å²) in [5.74, 6) is 0.560. The van der Waals surface area contributed by atoms with E-state index in [1.54, 1.807) is 0 Å². The number of nitrogens with one attached hydrogen (secondary N) is 1. The normalized spacial score (nSPS) is 28.0. The van der Waals surface area contributed by atoms with Crippen molar-refractivity contribution < 1.29 is 9.31 Å². The van der Waals surface area contributed by atoms with Crippen molar-refractivity contribution in [3.63, 3.8) is 0 Å². The standard InChI is InChI=1S/C15H23BN2O2/c1-14(2)15(3,4)20-16(19-14)13-7-12(9-18-10-13)11-5-6-17-8-11/h7,9-11,17H,5-6,8H2,1-4H3. The monoisotopic (exact) mass is 274 g/mol. The molecule has 2 aliphatic rings. The Morgan fingerprint density at radius 3 is 2.50 bits per heavy atom. The van der Waals surface area contributed by atoms with Gasteiger partial charge in [0.05, 0.1) is 11.2 Å². The Bertz CT molecular complexity index is 482. The average molecular weight is 274 g/mol. The smallest absolute Gasteiger partial charge is 0.399 e. The van der Waals surface area contributed by atoms with Gasteiger partial charge in [0, 0.05) is 24.4 Å². The first-order chi connectivity index (χ1) is 9.39. The molecule has 1 N–H and O–H groups in total. The lowest BCUT2D eigenvalue weighted by Gasteiger charge is -2.32. The minimum Gasteiger partial charge on any atom is -0.399 e. The molecule has 5 heteroatoms. The van der Waals surface area contributed by atoms with E-state index >= 15 is 0 Å². The molecular formula is C15H23BN2O2. The Balaban J connectivity index is 1.83. The van der Waals surface area contributed by atoms with Gasteiger partial charge >= 0.3 is 7.12 Å². The first-order valence-electron chi connectivity index (χ1n) is 7.40. The highest BCUT2D eigenvalue weighted by molar-refractivity contribution is 6.62. The quantitative estimate of drug-likeness (QED) is 0.829. The van der Waals surface area contributed by atoms with Gasteiger partial charge in [0.15, 0.2) is 0 Å². The van der Waals surface area contributed by atoms with Crippen LogP contribution in [0.1, 0.15) is 45.6 Å². The molecule has 0 aliphatic carbocycles. The molecule has 2 aliphatic heterocycles. The molecule has 3 rings (SSSR count). The van der Waals surface area contributed by atoms with Crippen LogP contribution in [0.5, 0.6) is 0 Å². The number of rotatable bonds is 2. The summed E-state index contributed by atoms with van der Waals surface area (Å²) in [7, 11) is -0.318. The minimum atomic E-state index is -0.318. The fraction of sp³-hybridized carbons (Fsp3) is 0.667. The van der Waals surface area contributed by atoms with Crippen molar-refractivity contribution >= 4 is 12.6 Å². The Morgan fingerprint density at radius 1 is 1.20 bits per heavy atom. The van der Waals surface area contributed by atoms with Crippen molar-refractivity contribution in [2.45, 2.75) is 51.2 Å². The van der Waals surface area contributed by atoms with Crippen molar-refractivity contribution in [1.29, 1.82) is 0 Å². The van der Waals surface area contributed by atoms with Crippen LogP contribution in [0.15, 0.2) is 18.5 Å². The van der Waals surface area contributed by atoms with Crippen LogP contribution < -0.4 is 10.8 Å². The van der Waals surface area contributed by atoms with Crippen LogP contribution in [0.4, 0.5) is 0 Å². The molecule has 0 saturated carbocycles. The Morgan fingerprint density at radius 2 is 1.90 bits per heavy atom. The molecule has 1 atom stereocenters. The molecular weight excluding hydrogens is 251 g/mol. The molecule has 2 fully saturated rings. The minimum absolute atomic E-state index is 0.303. The lowest BCUT2D eigenvalue weighted by molar-refractivity contribution is 0.00578. The van der Waals surface area contributed by atoms with E-state index in [9.17, 15) is 0 Å². The summed E-state index contributed by atoms with van der Waals surface area (Å²) in [4.78, 5) is 4.38. The van der Waals surface area contributed by atoms with E-state index < -0.39 is 0 Å². The molecule has 1 aromatic rings. The second-order valence-electron chi connectivity index (χ2n) is 6.83. The van der Waals surface area contributed by atoms with Gasteiger partial charge in [-0.15, -0.1) is 0 Å². The van der Waals surface area contributed by atoms with E-state index in [0.717, 1.165) is 18.6 Å². The van der Waals surface area contributed by atoms with Gasteiger partial charge in [-0.05, 0) is 52.1 Å². The average Bonchev–Trinajstić information content (AvgIpc) is 2.97. The van der Waals surface area contributed by atoms with Crippen LogP contribution in [0.2, 0.25) is 0 Å². The predicted octanol–water partition coefficient (Wildman–Crippen LogP) is 1.46. The van der Waals surface area contributed by atoms with E-state index in [0.29, 0.717) is 5.92 Å². The zero-order chi connectivity index (χ0) is 14.4. The van der Waals surface area contributed by atoms with Gasteiger partial charge < -0.3 is 14.6 Å². The molecule has 0 aromatic carbocycles. The maximum atomic E-state index is 6.09. The maximum absolute atomic E-state index is 6.09. The second-order valence-corrected chi connectivity index (χ2v) is 6.83. The van der Waals surface area contributed by atoms with E-state index in [1.165, 1.54) is 12.0 Å². The fourth-order valence-corrected chi connectivity index (χ4v) is 2.75. The van der Waals surface area contributed by atoms with Crippen molar-refractivity contribution in [2.24, 2.45) is 0 Å². The largest absolute Gasteiger partial charge is 0.496 e. The molecule has 108 valence electrons. The van der Waals surface area contributed by atoms with E-state index in [-0.39, 0.29) is 18.3 Å². The highest BCUT2D eigenvalue weighted by Gasteiger charge is 2.51. The first kappa shape index (κ1) is 14.0. The summed E-state index contributed by atoms with van der Waals surface area (Å²) in [6.07, 6.45) is 4.99. The molecule has 0 radical (unpaired) electrons. The molecule has 2 saturated heterocycles. The highest BCUT2D eigenvalue weighted by Crippen LogP contribution is 2.36. The topological polar surface area (TPSA) is 43.4 Å². The maximum Gasteiger partial charge on any atom is 0.496 e. The lowest BCUT2D eigenvalue weighted by Crippen LogP contribution is -2.41. The van der Waals surface area contributed by atoms with Gasteiger partial charge in [0.25, 0.3) is 0 Å². The molecule has 4 nitrogen and oxygen atoms in total. The van der Waals surface area contributed by atoms with Crippen molar-refractivity contribution in [3.8, 4) is 0 Å². The van der Waals surface area contributed by atoms with Crippen LogP contribution >= 0.6 is 0 Å². The lowest BCUT2D eigenvalue weighted by atomic mass is 9.79. The van der Waals surface area contributed by atoms with Gasteiger partial charge in [-0.2, -0.15) is 0 Å². The molecule has 1 aromatic heterocycles. The molecule has 0 spiro atoms. The van der Waals surface area contributed by atoms with Gasteiger partial charge in [-0.1, -0.05) is 6.07 Å². The van der Waals surface area contributed by atoms with Crippen LogP contribution in [0, 0.1) is 0 Å². The molecule has 3 heterocycles. The van der Waals surface area contributed by atoms with E-state index in [2.05, 4.69) is 44.1 Å². The molecule has 0 amide bonds. The Kier molecular flexibility index (Phi) is 3.39. The summed E-state index contributed by atoms with van der Waals surface area (Å²) in [5.41, 5.74) is 1.70. The molecule has 0 bridgehead atoms. The SMILES string of the molecule is CC1(C)OB(c2cncc(C3CCNC3)c2)OC1(C)C. The van der Waals surface area contributed by atoms with E-state index in [1.807, 2.05) is 12.4 Å². The van der Waals surface area contributed by atoms with Crippen LogP contribution in [-0.4, -0.2) is 36.4 Å². The van der Waals surface area contributed by atoms with Gasteiger partial charge in [0.1, 0.15) is 0 Å². The van der Waals surface area contributed by atoms with Crippen LogP contribution in [-0.2, 0) is 9.31 Å². The summed E-state index contributed by atoms with van der Waals surface area (Å²) >= 11 is 0. The number of hydrogen-bond acceptors (Lipinski definition) is 4. The number of hydrogen-bond donors (Lipinski definition) is 1. The predicted molar refractivity (Wildman–Crippen MR) is 80.2 cm³/mol. The van der Waals surface area contributed by atoms with Crippen LogP contribution in [0.25, 0.3) is 0 Å². The molecule has 1 unspecified atom stereocenters. The third kappa shape index (κ3) is 2.38. The Hall–Kier alpha value is -0.905. The van der Waals surface area contributed by atoms with Crippen molar-refractivity contribution in [3.05, 3.63) is 24.0 Å². The van der Waals surface area contributed by atoms with Gasteiger partial charge in [0.2, 0.25) is 0 Å². The molecule has 20 heavy (non-hydrogen) atoms. The summed E-state index contributed by atoms with van der Waals surface area (Å²) in [6, 6.07) is 2.19. The third-order valence-electron chi connectivity index (χ3n) is 4.84. The van der Waals surface area contributed by atoms with Crippen molar-refractivity contribution in [2.75, 3.05) is 13.1 Å². The van der Waals surface area contributed by atoms with E-state index in [4.69, 9.17) is 9.31 Å². The van der Waals surface area contributed by atoms with Gasteiger partial charge in [-0.3, -0.25) is 4.98 Å². The fourth-order valence-electron chi connectivity index (χ4n) is 2.75. The summed E-state index contributed by atoms with van der Waals surface area (Å²) < 4.78 is 12.2. The third-order valence-corrected chi connectivity index (χ3v) is 4.84. The van der Waals surface area contributed by atoms with Crippen LogP contribution in [0.3, 0.4) is 0 Å². The Labute approximate surface area is 121 Å². The van der Waals surface area contributed by atoms with Gasteiger partial charge in [-0.25, -0.2) is 0 Å². The summed E-state index contributed by atoms with van der Waals surface area (Å²) in [5, 5.41) is 3.40. The highest BCUT2D eigenvalue weighted by atomic mass is 16.7. The summed E-state index contributed by atoms with van der Waals surface area (Å²) in [6.45, 7) is 10.4. The number of nitrogens with zero attached hydrogens (tertiary/aromatic N) is 1. The number of aromatic nitrogens is 1. The number of pyridine rings is 1. The zero-order valence-corrected chi connectivity index (χ0v) is 12.8. The second kappa shape index (κ2) is 4.83.